The molecule has 0 fully saturated rings. The first-order valence-electron chi connectivity index (χ1n) is 30.0. The van der Waals surface area contributed by atoms with Crippen molar-refractivity contribution in [1.29, 1.82) is 0 Å². The number of hydrogen-bond acceptors (Lipinski definition) is 5. The summed E-state index contributed by atoms with van der Waals surface area (Å²) < 4.78 is 83.6. The molecule has 0 N–H and O–H groups in total. The third kappa shape index (κ3) is 34.6. The van der Waals surface area contributed by atoms with Gasteiger partial charge in [0.1, 0.15) is 18.8 Å². The highest BCUT2D eigenvalue weighted by Crippen LogP contribution is 2.29. The summed E-state index contributed by atoms with van der Waals surface area (Å²) in [7, 11) is -3.20. The molecule has 0 radical (unpaired) electrons. The maximum Gasteiger partial charge on any atom is 0.357 e. The molecule has 5 aromatic rings. The van der Waals surface area contributed by atoms with E-state index in [-0.39, 0.29) is 42.4 Å². The van der Waals surface area contributed by atoms with E-state index in [0.717, 1.165) is 24.7 Å². The molecule has 5 nitrogen and oxygen atoms in total. The highest BCUT2D eigenvalue weighted by molar-refractivity contribution is 6.29. The Morgan fingerprint density at radius 2 is 0.557 bits per heavy atom. The second-order valence-corrected chi connectivity index (χ2v) is 26.4. The van der Waals surface area contributed by atoms with Gasteiger partial charge >= 0.3 is 42.4 Å². The number of unbranched alkanes of at least 4 members (excludes halogenated alkanes) is 30. The Kier molecular flexibility index (Phi) is 41.7. The molecule has 0 heterocycles. The van der Waals surface area contributed by atoms with E-state index in [1.165, 1.54) is 220 Å². The van der Waals surface area contributed by atoms with Crippen LogP contribution < -0.4 is 66.6 Å². The lowest BCUT2D eigenvalue weighted by Gasteiger charge is -2.27. The summed E-state index contributed by atoms with van der Waals surface area (Å²) in [4.78, 5) is 0. The monoisotopic (exact) mass is 1320 g/mol. The molecule has 0 saturated heterocycles. The van der Waals surface area contributed by atoms with Crippen LogP contribution in [-0.4, -0.2) is 20.5 Å². The van der Waals surface area contributed by atoms with Crippen molar-refractivity contribution in [2.45, 2.75) is 219 Å². The average Bonchev–Trinajstić information content (AvgIpc) is 3.46. The van der Waals surface area contributed by atoms with Gasteiger partial charge in [0.15, 0.2) is 20.0 Å². The number of rotatable bonds is 42. The van der Waals surface area contributed by atoms with Crippen LogP contribution in [0.25, 0.3) is 0 Å². The zero-order valence-electron chi connectivity index (χ0n) is 47.7. The second kappa shape index (κ2) is 47.1. The normalized spacial score (nSPS) is 10.9. The molecular weight excluding hydrogens is 1230 g/mol. The van der Waals surface area contributed by atoms with Crippen LogP contribution in [0.15, 0.2) is 109 Å². The number of halogens is 7. The van der Waals surface area contributed by atoms with E-state index in [2.05, 4.69) is 128 Å². The van der Waals surface area contributed by atoms with Gasteiger partial charge < -0.3 is 24.2 Å². The van der Waals surface area contributed by atoms with Crippen molar-refractivity contribution >= 4 is 7.32 Å². The summed E-state index contributed by atoms with van der Waals surface area (Å²) in [5.74, 6) is -11.5. The Morgan fingerprint density at radius 3 is 0.823 bits per heavy atom. The third-order valence-corrected chi connectivity index (χ3v) is 18.8. The minimum Gasteiger partial charge on any atom is -0.860 e. The van der Waals surface area contributed by atoms with E-state index < -0.39 is 42.2 Å². The van der Waals surface area contributed by atoms with E-state index in [4.69, 9.17) is 9.47 Å². The molecule has 13 heteroatoms. The summed E-state index contributed by atoms with van der Waals surface area (Å²) in [6.07, 6.45) is 45.1. The van der Waals surface area contributed by atoms with E-state index in [0.29, 0.717) is 0 Å². The maximum atomic E-state index is 12.6. The van der Waals surface area contributed by atoms with Crippen molar-refractivity contribution < 1.29 is 88.5 Å². The summed E-state index contributed by atoms with van der Waals surface area (Å²) in [5, 5.41) is 19.7. The molecule has 438 valence electrons. The minimum absolute atomic E-state index is 0.0762. The molecule has 0 atom stereocenters. The third-order valence-electron chi connectivity index (χ3n) is 13.4. The van der Waals surface area contributed by atoms with Gasteiger partial charge in [-0.15, -0.1) is 0 Å². The quantitative estimate of drug-likeness (QED) is 0.00972. The molecule has 5 rings (SSSR count). The lowest BCUT2D eigenvalue weighted by Crippen LogP contribution is -3.61. The van der Waals surface area contributed by atoms with Crippen LogP contribution in [0.4, 0.5) is 22.0 Å². The molecule has 0 saturated carbocycles. The fraction of sp³-hybridized carbons (Fsp3) is 0.545. The van der Waals surface area contributed by atoms with Gasteiger partial charge in [-0.25, -0.2) is 13.2 Å². The largest absolute Gasteiger partial charge is 0.860 e. The molecule has 0 aromatic heterocycles. The van der Waals surface area contributed by atoms with Gasteiger partial charge in [0, 0.05) is 0 Å². The van der Waals surface area contributed by atoms with Crippen molar-refractivity contribution in [3.05, 3.63) is 153 Å². The smallest absolute Gasteiger partial charge is 0.357 e. The van der Waals surface area contributed by atoms with Crippen LogP contribution in [0.5, 0.6) is 17.2 Å². The van der Waals surface area contributed by atoms with Gasteiger partial charge in [-0.1, -0.05) is 243 Å². The van der Waals surface area contributed by atoms with Gasteiger partial charge in [-0.2, -0.15) is 8.78 Å². The van der Waals surface area contributed by atoms with Crippen LogP contribution in [-0.2, 0) is 0 Å². The number of ether oxygens (including phenoxy) is 2. The Labute approximate surface area is 494 Å². The Bertz CT molecular complexity index is 2060. The van der Waals surface area contributed by atoms with E-state index >= 15 is 0 Å². The predicted octanol–water partition coefficient (Wildman–Crippen LogP) is 12.4. The van der Waals surface area contributed by atoms with Crippen LogP contribution in [0.2, 0.25) is 0 Å². The van der Waals surface area contributed by atoms with Crippen LogP contribution in [0.1, 0.15) is 219 Å². The standard InChI is InChI=1S/2C30H46IO.C6BF5O3/c2*1-2-3-4-5-6-7-8-9-10-11-12-13-14-15-16-20-27-32-30-25-23-29(24-26-30)31-28-21-18-17-19-22-28;8-1-2(9)4(11)6(15-7(13)14)5(12)3(1)10/h2*17-19,21-26H,2-16,20,27H2,1H3;/q2*+1;-2. The molecule has 0 unspecified atom stereocenters. The van der Waals surface area contributed by atoms with E-state index in [9.17, 15) is 32.0 Å². The van der Waals surface area contributed by atoms with Crippen molar-refractivity contribution in [1.82, 2.24) is 0 Å². The lowest BCUT2D eigenvalue weighted by molar-refractivity contribution is -0.597. The maximum absolute atomic E-state index is 12.6. The molecule has 0 spiro atoms. The SMILES string of the molecule is CCCCCCCCCCCCCCCCCCOc1ccc([I+]c2ccccc2)cc1.CCCCCCCCCCCCCCCCCCOc1ccc([I+]c2ccccc2)cc1.[O-]B([O-])Oc1c(F)c(F)c(F)c(F)c1F. The van der Waals surface area contributed by atoms with Gasteiger partial charge in [0.05, 0.1) is 13.2 Å². The highest BCUT2D eigenvalue weighted by Gasteiger charge is 2.26. The van der Waals surface area contributed by atoms with Crippen molar-refractivity contribution in [3.63, 3.8) is 0 Å². The summed E-state index contributed by atoms with van der Waals surface area (Å²) in [6, 6.07) is 39.1. The highest BCUT2D eigenvalue weighted by atomic mass is 127. The van der Waals surface area contributed by atoms with Crippen molar-refractivity contribution in [3.8, 4) is 17.2 Å². The first-order chi connectivity index (χ1) is 38.6. The van der Waals surface area contributed by atoms with Crippen LogP contribution in [0.3, 0.4) is 0 Å². The fourth-order valence-corrected chi connectivity index (χ4v) is 13.3. The first-order valence-corrected chi connectivity index (χ1v) is 34.3. The molecule has 79 heavy (non-hydrogen) atoms. The Balaban J connectivity index is 0.000000332. The zero-order valence-corrected chi connectivity index (χ0v) is 52.0. The molecule has 0 bridgehead atoms. The number of hydrogen-bond donors (Lipinski definition) is 0. The average molecular weight is 1330 g/mol. The minimum atomic E-state index is -3.20. The lowest BCUT2D eigenvalue weighted by atomic mass is 10.0. The molecule has 0 aliphatic rings. The number of benzene rings is 5. The summed E-state index contributed by atoms with van der Waals surface area (Å²) >= 11 is -0.152. The molecular formula is C66H92BF5I2O5. The van der Waals surface area contributed by atoms with Crippen molar-refractivity contribution in [2.75, 3.05) is 13.2 Å². The summed E-state index contributed by atoms with van der Waals surface area (Å²) in [6.45, 7) is 6.30. The van der Waals surface area contributed by atoms with Gasteiger partial charge in [-0.3, -0.25) is 0 Å². The topological polar surface area (TPSA) is 73.8 Å². The van der Waals surface area contributed by atoms with Gasteiger partial charge in [0.2, 0.25) is 29.1 Å². The Morgan fingerprint density at radius 1 is 0.316 bits per heavy atom. The zero-order chi connectivity index (χ0) is 56.8. The van der Waals surface area contributed by atoms with Gasteiger partial charge in [0.25, 0.3) is 0 Å². The second-order valence-electron chi connectivity index (χ2n) is 20.3. The van der Waals surface area contributed by atoms with E-state index in [1.807, 2.05) is 0 Å². The predicted molar refractivity (Wildman–Crippen MR) is 303 cm³/mol. The van der Waals surface area contributed by atoms with Crippen LogP contribution >= 0.6 is 0 Å². The fourth-order valence-electron chi connectivity index (χ4n) is 8.86. The van der Waals surface area contributed by atoms with Gasteiger partial charge in [-0.05, 0) is 85.6 Å². The molecule has 0 amide bonds. The van der Waals surface area contributed by atoms with E-state index in [1.54, 1.807) is 0 Å². The van der Waals surface area contributed by atoms with Crippen molar-refractivity contribution in [2.24, 2.45) is 0 Å². The molecule has 5 aromatic carbocycles. The van der Waals surface area contributed by atoms with Crippen LogP contribution in [0, 0.1) is 43.4 Å². The first kappa shape index (κ1) is 69.9. The molecule has 0 aliphatic carbocycles. The molecule has 0 aliphatic heterocycles. The summed E-state index contributed by atoms with van der Waals surface area (Å²) in [5.41, 5.74) is 0. The Hall–Kier alpha value is -3.41.